The van der Waals surface area contributed by atoms with Crippen LogP contribution in [-0.4, -0.2) is 21.3 Å². The number of nitrogens with zero attached hydrogens (tertiary/aromatic N) is 2. The average Bonchev–Trinajstić information content (AvgIpc) is 2.42. The summed E-state index contributed by atoms with van der Waals surface area (Å²) in [7, 11) is 0. The first kappa shape index (κ1) is 13.4. The molecule has 2 aromatic rings. The second-order valence-electron chi connectivity index (χ2n) is 4.00. The summed E-state index contributed by atoms with van der Waals surface area (Å²) >= 11 is 3.27. The zero-order valence-electron chi connectivity index (χ0n) is 10.0. The smallest absolute Gasteiger partial charge is 0.331 e. The Morgan fingerprint density at radius 1 is 1.26 bits per heavy atom. The van der Waals surface area contributed by atoms with E-state index < -0.39 is 5.97 Å². The van der Waals surface area contributed by atoms with Crippen molar-refractivity contribution in [3.63, 3.8) is 0 Å². The first-order chi connectivity index (χ1) is 9.08. The lowest BCUT2D eigenvalue weighted by Gasteiger charge is -2.06. The molecule has 1 aromatic heterocycles. The van der Waals surface area contributed by atoms with Crippen molar-refractivity contribution >= 4 is 21.9 Å². The van der Waals surface area contributed by atoms with Crippen molar-refractivity contribution < 1.29 is 9.90 Å². The number of aromatic nitrogens is 2. The molecule has 0 bridgehead atoms. The van der Waals surface area contributed by atoms with Crippen LogP contribution < -0.4 is 0 Å². The third kappa shape index (κ3) is 3.26. The van der Waals surface area contributed by atoms with E-state index in [1.165, 1.54) is 0 Å². The van der Waals surface area contributed by atoms with E-state index in [0.717, 1.165) is 11.1 Å². The van der Waals surface area contributed by atoms with Gasteiger partial charge in [0.15, 0.2) is 0 Å². The molecule has 0 spiro atoms. The largest absolute Gasteiger partial charge is 0.478 e. The summed E-state index contributed by atoms with van der Waals surface area (Å²) < 4.78 is 0.537. The molecule has 2 rings (SSSR count). The van der Waals surface area contributed by atoms with Crippen molar-refractivity contribution in [2.75, 3.05) is 0 Å². The monoisotopic (exact) mass is 318 g/mol. The number of halogens is 1. The minimum absolute atomic E-state index is 0.118. The highest BCUT2D eigenvalue weighted by atomic mass is 79.9. The molecular formula is C14H11BrN2O2. The zero-order chi connectivity index (χ0) is 13.8. The van der Waals surface area contributed by atoms with Crippen molar-refractivity contribution in [3.8, 4) is 11.3 Å². The Morgan fingerprint density at radius 2 is 1.95 bits per heavy atom. The molecule has 0 atom stereocenters. The Balaban J connectivity index is 2.35. The second kappa shape index (κ2) is 5.75. The number of carboxylic acid groups (broad SMARTS) is 1. The molecule has 0 unspecified atom stereocenters. The number of aliphatic carboxylic acids is 1. The zero-order valence-corrected chi connectivity index (χ0v) is 11.6. The van der Waals surface area contributed by atoms with E-state index in [2.05, 4.69) is 32.7 Å². The van der Waals surface area contributed by atoms with Crippen molar-refractivity contribution in [2.45, 2.75) is 6.42 Å². The van der Waals surface area contributed by atoms with E-state index in [4.69, 9.17) is 5.11 Å². The van der Waals surface area contributed by atoms with Gasteiger partial charge < -0.3 is 5.11 Å². The molecule has 4 nitrogen and oxygen atoms in total. The molecule has 1 aromatic carbocycles. The first-order valence-corrected chi connectivity index (χ1v) is 6.36. The van der Waals surface area contributed by atoms with Gasteiger partial charge in [-0.15, -0.1) is 10.2 Å². The maximum Gasteiger partial charge on any atom is 0.331 e. The fraction of sp³-hybridized carbons (Fsp3) is 0.0714. The van der Waals surface area contributed by atoms with E-state index >= 15 is 0 Å². The average molecular weight is 319 g/mol. The SMILES string of the molecule is C=C(Cc1cc(-c2ccccc2)nnc1Br)C(=O)O. The van der Waals surface area contributed by atoms with Crippen LogP contribution in [0.15, 0.2) is 53.2 Å². The summed E-state index contributed by atoms with van der Waals surface area (Å²) in [6.07, 6.45) is 0.227. The van der Waals surface area contributed by atoms with Crippen molar-refractivity contribution in [3.05, 3.63) is 58.7 Å². The lowest BCUT2D eigenvalue weighted by Crippen LogP contribution is -2.04. The van der Waals surface area contributed by atoms with Crippen molar-refractivity contribution in [1.82, 2.24) is 10.2 Å². The van der Waals surface area contributed by atoms with E-state index in [0.29, 0.717) is 10.3 Å². The minimum atomic E-state index is -1.01. The summed E-state index contributed by atoms with van der Waals surface area (Å²) in [5.41, 5.74) is 2.51. The van der Waals surface area contributed by atoms with Gasteiger partial charge in [0.05, 0.1) is 5.69 Å². The summed E-state index contributed by atoms with van der Waals surface area (Å²) in [6.45, 7) is 3.52. The Bertz CT molecular complexity index is 627. The lowest BCUT2D eigenvalue weighted by molar-refractivity contribution is -0.132. The topological polar surface area (TPSA) is 63.1 Å². The molecule has 0 aliphatic carbocycles. The van der Waals surface area contributed by atoms with Crippen molar-refractivity contribution in [2.24, 2.45) is 0 Å². The van der Waals surface area contributed by atoms with E-state index in [1.807, 2.05) is 36.4 Å². The molecule has 5 heteroatoms. The van der Waals surface area contributed by atoms with Crippen LogP contribution in [0.25, 0.3) is 11.3 Å². The molecule has 19 heavy (non-hydrogen) atoms. The van der Waals surface area contributed by atoms with Gasteiger partial charge in [0, 0.05) is 17.6 Å². The predicted octanol–water partition coefficient (Wildman–Crippen LogP) is 3.09. The fourth-order valence-electron chi connectivity index (χ4n) is 1.59. The van der Waals surface area contributed by atoms with Gasteiger partial charge in [-0.2, -0.15) is 0 Å². The number of carbonyl (C=O) groups is 1. The van der Waals surface area contributed by atoms with Crippen molar-refractivity contribution in [1.29, 1.82) is 0 Å². The maximum absolute atomic E-state index is 10.8. The maximum atomic E-state index is 10.8. The van der Waals surface area contributed by atoms with Crippen LogP contribution in [0.5, 0.6) is 0 Å². The molecule has 0 amide bonds. The van der Waals surface area contributed by atoms with Crippen LogP contribution >= 0.6 is 15.9 Å². The van der Waals surface area contributed by atoms with Gasteiger partial charge in [-0.1, -0.05) is 36.9 Å². The fourth-order valence-corrected chi connectivity index (χ4v) is 1.93. The molecule has 0 radical (unpaired) electrons. The van der Waals surface area contributed by atoms with Crippen LogP contribution in [0, 0.1) is 0 Å². The molecular weight excluding hydrogens is 308 g/mol. The normalized spacial score (nSPS) is 10.2. The number of hydrogen-bond donors (Lipinski definition) is 1. The lowest BCUT2D eigenvalue weighted by atomic mass is 10.1. The number of benzene rings is 1. The van der Waals surface area contributed by atoms with Gasteiger partial charge in [-0.25, -0.2) is 4.79 Å². The molecule has 0 saturated heterocycles. The van der Waals surface area contributed by atoms with E-state index in [1.54, 1.807) is 0 Å². The highest BCUT2D eigenvalue weighted by molar-refractivity contribution is 9.10. The van der Waals surface area contributed by atoms with Gasteiger partial charge in [-0.3, -0.25) is 0 Å². The highest BCUT2D eigenvalue weighted by Crippen LogP contribution is 2.22. The van der Waals surface area contributed by atoms with Gasteiger partial charge in [-0.05, 0) is 27.6 Å². The van der Waals surface area contributed by atoms with Crippen LogP contribution in [0.2, 0.25) is 0 Å². The molecule has 1 heterocycles. The van der Waals surface area contributed by atoms with Gasteiger partial charge in [0.1, 0.15) is 4.60 Å². The Morgan fingerprint density at radius 3 is 2.58 bits per heavy atom. The number of hydrogen-bond acceptors (Lipinski definition) is 3. The molecule has 1 N–H and O–H groups in total. The molecule has 0 aliphatic heterocycles. The van der Waals surface area contributed by atoms with E-state index in [-0.39, 0.29) is 12.0 Å². The van der Waals surface area contributed by atoms with Crippen LogP contribution in [0.3, 0.4) is 0 Å². The second-order valence-corrected chi connectivity index (χ2v) is 4.75. The number of carboxylic acids is 1. The Hall–Kier alpha value is -2.01. The summed E-state index contributed by atoms with van der Waals surface area (Å²) in [6, 6.07) is 11.4. The molecule has 96 valence electrons. The quantitative estimate of drug-likeness (QED) is 0.880. The predicted molar refractivity (Wildman–Crippen MR) is 75.6 cm³/mol. The third-order valence-electron chi connectivity index (χ3n) is 2.60. The standard InChI is InChI=1S/C14H11BrN2O2/c1-9(14(18)19)7-11-8-12(16-17-13(11)15)10-5-3-2-4-6-10/h2-6,8H,1,7H2,(H,18,19). The first-order valence-electron chi connectivity index (χ1n) is 5.56. The highest BCUT2D eigenvalue weighted by Gasteiger charge is 2.11. The van der Waals surface area contributed by atoms with Gasteiger partial charge >= 0.3 is 5.97 Å². The van der Waals surface area contributed by atoms with Gasteiger partial charge in [0.2, 0.25) is 0 Å². The molecule has 0 fully saturated rings. The Labute approximate surface area is 118 Å². The van der Waals surface area contributed by atoms with Gasteiger partial charge in [0.25, 0.3) is 0 Å². The summed E-state index contributed by atoms with van der Waals surface area (Å²) in [5.74, 6) is -1.01. The Kier molecular flexibility index (Phi) is 4.06. The summed E-state index contributed by atoms with van der Waals surface area (Å²) in [5, 5.41) is 17.0. The van der Waals surface area contributed by atoms with Crippen LogP contribution in [-0.2, 0) is 11.2 Å². The number of rotatable bonds is 4. The summed E-state index contributed by atoms with van der Waals surface area (Å²) in [4.78, 5) is 10.8. The third-order valence-corrected chi connectivity index (χ3v) is 3.27. The minimum Gasteiger partial charge on any atom is -0.478 e. The van der Waals surface area contributed by atoms with Crippen LogP contribution in [0.4, 0.5) is 0 Å². The molecule has 0 aliphatic rings. The van der Waals surface area contributed by atoms with E-state index in [9.17, 15) is 4.79 Å². The van der Waals surface area contributed by atoms with Crippen LogP contribution in [0.1, 0.15) is 5.56 Å². The molecule has 0 saturated carbocycles.